The normalized spacial score (nSPS) is 12.1. The summed E-state index contributed by atoms with van der Waals surface area (Å²) < 4.78 is 16.9. The average molecular weight is 828 g/mol. The van der Waals surface area contributed by atoms with Crippen LogP contribution in [0, 0.1) is 5.92 Å². The van der Waals surface area contributed by atoms with Crippen molar-refractivity contribution in [1.29, 1.82) is 0 Å². The summed E-state index contributed by atoms with van der Waals surface area (Å²) in [4.78, 5) is 37.2. The molecule has 0 aromatic carbocycles. The minimum Gasteiger partial charge on any atom is -0.465 e. The summed E-state index contributed by atoms with van der Waals surface area (Å²) in [7, 11) is 0. The molecule has 0 aliphatic heterocycles. The minimum atomic E-state index is -0.216. The van der Waals surface area contributed by atoms with Gasteiger partial charge in [0, 0.05) is 30.5 Å². The Kier molecular flexibility index (Phi) is 41.7. The third-order valence-electron chi connectivity index (χ3n) is 10.4. The topological polar surface area (TPSA) is 78.9 Å². The van der Waals surface area contributed by atoms with Crippen molar-refractivity contribution in [2.24, 2.45) is 5.92 Å². The summed E-state index contributed by atoms with van der Waals surface area (Å²) in [5, 5.41) is 0.607. The Hall–Kier alpha value is -1.37. The van der Waals surface area contributed by atoms with Crippen molar-refractivity contribution in [3.63, 3.8) is 0 Å². The van der Waals surface area contributed by atoms with Crippen LogP contribution in [0.3, 0.4) is 0 Å². The van der Waals surface area contributed by atoms with Gasteiger partial charge in [-0.2, -0.15) is 0 Å². The number of carbonyl (C=O) groups excluding carboxylic acids is 3. The van der Waals surface area contributed by atoms with Gasteiger partial charge in [0.1, 0.15) is 6.10 Å². The third-order valence-corrected chi connectivity index (χ3v) is 11.3. The molecule has 1 unspecified atom stereocenters. The minimum absolute atomic E-state index is 0.0519. The second kappa shape index (κ2) is 42.8. The highest BCUT2D eigenvalue weighted by Gasteiger charge is 2.16. The summed E-state index contributed by atoms with van der Waals surface area (Å²) in [5.74, 6) is -0.498. The van der Waals surface area contributed by atoms with Crippen molar-refractivity contribution in [3.05, 3.63) is 12.2 Å². The zero-order valence-corrected chi connectivity index (χ0v) is 37.4. The fourth-order valence-corrected chi connectivity index (χ4v) is 7.12. The van der Waals surface area contributed by atoms with Crippen LogP contribution in [-0.4, -0.2) is 42.6 Å². The molecule has 0 N–H and O–H groups in total. The Morgan fingerprint density at radius 3 is 1.17 bits per heavy atom. The van der Waals surface area contributed by atoms with Crippen molar-refractivity contribution in [2.75, 3.05) is 18.5 Å². The SMILES string of the molecule is CCCCCCCC/C=C\CCCCCCCC(=O)OCC(CBr)COC(=O)CCCCCCC(=O)OC(CCCCCCCC)CCCCCCCC. The van der Waals surface area contributed by atoms with Crippen molar-refractivity contribution in [3.8, 4) is 0 Å². The van der Waals surface area contributed by atoms with Crippen molar-refractivity contribution < 1.29 is 28.6 Å². The zero-order chi connectivity index (χ0) is 39.6. The van der Waals surface area contributed by atoms with Gasteiger partial charge >= 0.3 is 17.9 Å². The standard InChI is InChI=1S/C47H87BrO6/c1-4-7-10-13-16-17-18-19-20-21-22-23-24-27-32-37-45(49)52-41-43(40-48)42-53-46(50)38-33-28-29-34-39-47(51)54-44(35-30-25-14-11-8-5-2)36-31-26-15-12-9-6-3/h19-20,43-44H,4-18,21-42H2,1-3H3/b20-19-. The summed E-state index contributed by atoms with van der Waals surface area (Å²) in [5.41, 5.74) is 0. The van der Waals surface area contributed by atoms with E-state index in [1.54, 1.807) is 0 Å². The first-order chi connectivity index (χ1) is 26.5. The lowest BCUT2D eigenvalue weighted by Gasteiger charge is -2.18. The molecule has 0 saturated heterocycles. The van der Waals surface area contributed by atoms with E-state index in [-0.39, 0.29) is 43.1 Å². The van der Waals surface area contributed by atoms with Crippen LogP contribution in [0.4, 0.5) is 0 Å². The monoisotopic (exact) mass is 827 g/mol. The average Bonchev–Trinajstić information content (AvgIpc) is 3.17. The van der Waals surface area contributed by atoms with Gasteiger partial charge in [0.25, 0.3) is 0 Å². The van der Waals surface area contributed by atoms with E-state index in [1.807, 2.05) is 0 Å². The second-order valence-electron chi connectivity index (χ2n) is 15.9. The molecule has 0 aromatic rings. The zero-order valence-electron chi connectivity index (χ0n) is 35.8. The van der Waals surface area contributed by atoms with Gasteiger partial charge < -0.3 is 14.2 Å². The fraction of sp³-hybridized carbons (Fsp3) is 0.894. The number of allylic oxidation sites excluding steroid dienone is 2. The molecule has 0 aliphatic rings. The Morgan fingerprint density at radius 1 is 0.444 bits per heavy atom. The second-order valence-corrected chi connectivity index (χ2v) is 16.5. The van der Waals surface area contributed by atoms with E-state index in [4.69, 9.17) is 14.2 Å². The van der Waals surface area contributed by atoms with Crippen LogP contribution in [0.25, 0.3) is 0 Å². The quantitative estimate of drug-likeness (QED) is 0.0200. The highest BCUT2D eigenvalue weighted by atomic mass is 79.9. The molecule has 0 rings (SSSR count). The number of ether oxygens (including phenoxy) is 3. The van der Waals surface area contributed by atoms with Crippen LogP contribution in [0.2, 0.25) is 0 Å². The number of rotatable bonds is 42. The molecule has 7 heteroatoms. The predicted octanol–water partition coefficient (Wildman–Crippen LogP) is 14.9. The molecule has 0 fully saturated rings. The van der Waals surface area contributed by atoms with E-state index in [1.165, 1.54) is 122 Å². The van der Waals surface area contributed by atoms with Gasteiger partial charge in [-0.05, 0) is 70.6 Å². The van der Waals surface area contributed by atoms with Crippen LogP contribution < -0.4 is 0 Å². The first-order valence-electron chi connectivity index (χ1n) is 23.2. The number of halogens is 1. The van der Waals surface area contributed by atoms with E-state index in [0.29, 0.717) is 24.6 Å². The van der Waals surface area contributed by atoms with Gasteiger partial charge in [-0.1, -0.05) is 177 Å². The van der Waals surface area contributed by atoms with E-state index in [9.17, 15) is 14.4 Å². The summed E-state index contributed by atoms with van der Waals surface area (Å²) >= 11 is 3.47. The number of hydrogen-bond acceptors (Lipinski definition) is 6. The molecule has 6 nitrogen and oxygen atoms in total. The van der Waals surface area contributed by atoms with Crippen molar-refractivity contribution in [1.82, 2.24) is 0 Å². The number of carbonyl (C=O) groups is 3. The molecule has 0 bridgehead atoms. The summed E-state index contributed by atoms with van der Waals surface area (Å²) in [6.45, 7) is 7.26. The molecule has 0 amide bonds. The van der Waals surface area contributed by atoms with Gasteiger partial charge in [0.2, 0.25) is 0 Å². The smallest absolute Gasteiger partial charge is 0.306 e. The third kappa shape index (κ3) is 38.9. The van der Waals surface area contributed by atoms with Crippen LogP contribution >= 0.6 is 15.9 Å². The predicted molar refractivity (Wildman–Crippen MR) is 232 cm³/mol. The van der Waals surface area contributed by atoms with Crippen molar-refractivity contribution >= 4 is 33.8 Å². The molecule has 54 heavy (non-hydrogen) atoms. The first kappa shape index (κ1) is 52.6. The molecule has 1 atom stereocenters. The molecular formula is C47H87BrO6. The number of hydrogen-bond donors (Lipinski definition) is 0. The lowest BCUT2D eigenvalue weighted by Crippen LogP contribution is -2.22. The maximum absolute atomic E-state index is 12.6. The number of alkyl halides is 1. The Balaban J connectivity index is 3.94. The van der Waals surface area contributed by atoms with Gasteiger partial charge in [-0.3, -0.25) is 14.4 Å². The molecule has 0 aromatic heterocycles. The molecular weight excluding hydrogens is 740 g/mol. The highest BCUT2D eigenvalue weighted by molar-refractivity contribution is 9.09. The van der Waals surface area contributed by atoms with E-state index < -0.39 is 0 Å². The fourth-order valence-electron chi connectivity index (χ4n) is 6.75. The maximum atomic E-state index is 12.6. The summed E-state index contributed by atoms with van der Waals surface area (Å²) in [6, 6.07) is 0. The van der Waals surface area contributed by atoms with Crippen LogP contribution in [0.15, 0.2) is 12.2 Å². The van der Waals surface area contributed by atoms with Gasteiger partial charge in [-0.15, -0.1) is 0 Å². The highest BCUT2D eigenvalue weighted by Crippen LogP contribution is 2.19. The Morgan fingerprint density at radius 2 is 0.778 bits per heavy atom. The lowest BCUT2D eigenvalue weighted by molar-refractivity contribution is -0.151. The van der Waals surface area contributed by atoms with Crippen LogP contribution in [-0.2, 0) is 28.6 Å². The first-order valence-corrected chi connectivity index (χ1v) is 24.3. The molecule has 0 radical (unpaired) electrons. The number of esters is 3. The van der Waals surface area contributed by atoms with E-state index >= 15 is 0 Å². The van der Waals surface area contributed by atoms with Crippen molar-refractivity contribution in [2.45, 2.75) is 245 Å². The Bertz CT molecular complexity index is 845. The molecule has 0 heterocycles. The lowest BCUT2D eigenvalue weighted by atomic mass is 10.0. The summed E-state index contributed by atoms with van der Waals surface area (Å²) in [6.07, 6.45) is 42.4. The van der Waals surface area contributed by atoms with Crippen LogP contribution in [0.1, 0.15) is 239 Å². The van der Waals surface area contributed by atoms with Gasteiger partial charge in [0.15, 0.2) is 0 Å². The maximum Gasteiger partial charge on any atom is 0.306 e. The number of unbranched alkanes of at least 4 members (excludes halogenated alkanes) is 24. The van der Waals surface area contributed by atoms with E-state index in [0.717, 1.165) is 77.0 Å². The molecule has 0 saturated carbocycles. The molecule has 0 aliphatic carbocycles. The van der Waals surface area contributed by atoms with Gasteiger partial charge in [-0.25, -0.2) is 0 Å². The Labute approximate surface area is 343 Å². The van der Waals surface area contributed by atoms with E-state index in [2.05, 4.69) is 48.9 Å². The molecule has 0 spiro atoms. The van der Waals surface area contributed by atoms with Gasteiger partial charge in [0.05, 0.1) is 13.2 Å². The molecule has 318 valence electrons. The van der Waals surface area contributed by atoms with Crippen LogP contribution in [0.5, 0.6) is 0 Å². The largest absolute Gasteiger partial charge is 0.465 e.